The summed E-state index contributed by atoms with van der Waals surface area (Å²) in [5.41, 5.74) is 0.620. The minimum Gasteiger partial charge on any atom is -0.444 e. The van der Waals surface area contributed by atoms with E-state index >= 15 is 0 Å². The summed E-state index contributed by atoms with van der Waals surface area (Å²) in [4.78, 5) is 38.2. The predicted octanol–water partition coefficient (Wildman–Crippen LogP) is 2.86. The fourth-order valence-corrected chi connectivity index (χ4v) is 3.70. The largest absolute Gasteiger partial charge is 0.444 e. The molecule has 0 spiro atoms. The number of esters is 1. The second kappa shape index (κ2) is 11.6. The number of amides is 2. The Bertz CT molecular complexity index is 950. The molecular weight excluding hydrogens is 435 g/mol. The first-order valence-electron chi connectivity index (χ1n) is 10.2. The summed E-state index contributed by atoms with van der Waals surface area (Å²) in [5, 5.41) is 5.54. The Labute approximate surface area is 190 Å². The highest BCUT2D eigenvalue weighted by atomic mass is 32.2. The third-order valence-electron chi connectivity index (χ3n) is 4.65. The van der Waals surface area contributed by atoms with Crippen LogP contribution in [-0.4, -0.2) is 49.8 Å². The first kappa shape index (κ1) is 23.7. The zero-order valence-corrected chi connectivity index (χ0v) is 18.5. The first-order chi connectivity index (χ1) is 15.5. The summed E-state index contributed by atoms with van der Waals surface area (Å²) < 4.78 is 23.8. The minimum atomic E-state index is -1.21. The Morgan fingerprint density at radius 1 is 1.12 bits per heavy atom. The molecule has 0 aliphatic heterocycles. The Hall–Kier alpha value is -2.91. The van der Waals surface area contributed by atoms with Crippen LogP contribution in [0.5, 0.6) is 0 Å². The van der Waals surface area contributed by atoms with Gasteiger partial charge >= 0.3 is 5.97 Å². The predicted molar refractivity (Wildman–Crippen MR) is 118 cm³/mol. The van der Waals surface area contributed by atoms with E-state index in [0.29, 0.717) is 23.6 Å². The quantitative estimate of drug-likeness (QED) is 0.304. The molecule has 0 saturated heterocycles. The van der Waals surface area contributed by atoms with Crippen LogP contribution in [0.25, 0.3) is 0 Å². The lowest BCUT2D eigenvalue weighted by Gasteiger charge is -2.19. The van der Waals surface area contributed by atoms with Gasteiger partial charge < -0.3 is 20.1 Å². The fraction of sp³-hybridized carbons (Fsp3) is 0.348. The highest BCUT2D eigenvalue weighted by Gasteiger charge is 2.31. The summed E-state index contributed by atoms with van der Waals surface area (Å²) in [6.45, 7) is 0.808. The van der Waals surface area contributed by atoms with Crippen molar-refractivity contribution in [1.82, 2.24) is 10.6 Å². The summed E-state index contributed by atoms with van der Waals surface area (Å²) in [5.74, 6) is -1.68. The van der Waals surface area contributed by atoms with Crippen molar-refractivity contribution in [3.05, 3.63) is 65.5 Å². The van der Waals surface area contributed by atoms with Gasteiger partial charge in [-0.1, -0.05) is 24.3 Å². The van der Waals surface area contributed by atoms with Crippen LogP contribution in [0.15, 0.2) is 53.4 Å². The number of rotatable bonds is 11. The van der Waals surface area contributed by atoms with Crippen molar-refractivity contribution in [2.75, 3.05) is 26.0 Å². The van der Waals surface area contributed by atoms with E-state index in [-0.39, 0.29) is 23.3 Å². The van der Waals surface area contributed by atoms with Gasteiger partial charge in [0.15, 0.2) is 0 Å². The molecule has 0 unspecified atom stereocenters. The lowest BCUT2D eigenvalue weighted by atomic mass is 10.1. The van der Waals surface area contributed by atoms with Crippen molar-refractivity contribution in [2.24, 2.45) is 0 Å². The molecule has 0 radical (unpaired) electrons. The molecule has 2 N–H and O–H groups in total. The van der Waals surface area contributed by atoms with Crippen LogP contribution >= 0.6 is 11.8 Å². The number of hydrogen-bond acceptors (Lipinski definition) is 6. The molecule has 1 fully saturated rings. The van der Waals surface area contributed by atoms with Crippen LogP contribution in [0.1, 0.15) is 34.9 Å². The molecule has 7 nitrogen and oxygen atoms in total. The molecule has 0 bridgehead atoms. The maximum Gasteiger partial charge on any atom is 0.340 e. The van der Waals surface area contributed by atoms with E-state index < -0.39 is 23.8 Å². The highest BCUT2D eigenvalue weighted by molar-refractivity contribution is 8.00. The number of hydrogen-bond donors (Lipinski definition) is 2. The Morgan fingerprint density at radius 2 is 1.84 bits per heavy atom. The molecule has 170 valence electrons. The molecular formula is C23H25FN2O5S. The number of carbonyl (C=O) groups is 3. The molecule has 2 amide bonds. The first-order valence-corrected chi connectivity index (χ1v) is 11.2. The van der Waals surface area contributed by atoms with Gasteiger partial charge in [-0.15, -0.1) is 11.8 Å². The van der Waals surface area contributed by atoms with E-state index in [1.54, 1.807) is 31.4 Å². The Kier molecular flexibility index (Phi) is 8.64. The number of methoxy groups -OCH3 is 1. The van der Waals surface area contributed by atoms with E-state index in [1.165, 1.54) is 36.0 Å². The lowest BCUT2D eigenvalue weighted by Crippen LogP contribution is -2.33. The summed E-state index contributed by atoms with van der Waals surface area (Å²) >= 11 is 1.19. The topological polar surface area (TPSA) is 93.7 Å². The lowest BCUT2D eigenvalue weighted by molar-refractivity contribution is -0.130. The molecule has 9 heteroatoms. The van der Waals surface area contributed by atoms with Crippen LogP contribution in [0.2, 0.25) is 0 Å². The summed E-state index contributed by atoms with van der Waals surface area (Å²) in [7, 11) is 1.55. The van der Waals surface area contributed by atoms with Crippen molar-refractivity contribution in [2.45, 2.75) is 29.9 Å². The van der Waals surface area contributed by atoms with Gasteiger partial charge in [0.05, 0.1) is 17.9 Å². The molecule has 0 heterocycles. The maximum absolute atomic E-state index is 13.3. The molecule has 32 heavy (non-hydrogen) atoms. The monoisotopic (exact) mass is 460 g/mol. The van der Waals surface area contributed by atoms with Crippen LogP contribution < -0.4 is 10.6 Å². The summed E-state index contributed by atoms with van der Waals surface area (Å²) in [6, 6.07) is 12.1. The van der Waals surface area contributed by atoms with Crippen molar-refractivity contribution >= 4 is 29.5 Å². The number of benzene rings is 2. The molecule has 1 aliphatic rings. The number of halogens is 1. The zero-order valence-electron chi connectivity index (χ0n) is 17.6. The average molecular weight is 461 g/mol. The van der Waals surface area contributed by atoms with Gasteiger partial charge in [0, 0.05) is 30.2 Å². The second-order valence-electron chi connectivity index (χ2n) is 7.25. The molecule has 2 aromatic rings. The van der Waals surface area contributed by atoms with Crippen molar-refractivity contribution in [3.63, 3.8) is 0 Å². The highest BCUT2D eigenvalue weighted by Crippen LogP contribution is 2.27. The van der Waals surface area contributed by atoms with Crippen molar-refractivity contribution in [1.29, 1.82) is 0 Å². The van der Waals surface area contributed by atoms with Crippen LogP contribution in [0, 0.1) is 5.82 Å². The minimum absolute atomic E-state index is 0.0728. The maximum atomic E-state index is 13.3. The average Bonchev–Trinajstić information content (AvgIpc) is 3.61. The second-order valence-corrected chi connectivity index (χ2v) is 8.26. The zero-order chi connectivity index (χ0) is 22.9. The third-order valence-corrected chi connectivity index (χ3v) is 5.73. The van der Waals surface area contributed by atoms with Crippen molar-refractivity contribution in [3.8, 4) is 0 Å². The van der Waals surface area contributed by atoms with Gasteiger partial charge in [0.2, 0.25) is 12.0 Å². The van der Waals surface area contributed by atoms with E-state index in [9.17, 15) is 18.8 Å². The number of thioether (sulfide) groups is 1. The number of ether oxygens (including phenoxy) is 2. The van der Waals surface area contributed by atoms with Crippen LogP contribution in [0.3, 0.4) is 0 Å². The molecule has 1 atom stereocenters. The van der Waals surface area contributed by atoms with E-state index in [2.05, 4.69) is 10.6 Å². The van der Waals surface area contributed by atoms with Crippen molar-refractivity contribution < 1.29 is 28.2 Å². The number of carbonyl (C=O) groups excluding carboxylic acids is 3. The van der Waals surface area contributed by atoms with Gasteiger partial charge in [-0.25, -0.2) is 9.18 Å². The SMILES string of the molecule is COCCNC(=O)CSc1ccccc1C(=O)O[C@H](C(=O)NC1CC1)c1ccc(F)cc1. The third kappa shape index (κ3) is 7.06. The smallest absolute Gasteiger partial charge is 0.340 e. The molecule has 1 aliphatic carbocycles. The van der Waals surface area contributed by atoms with E-state index in [1.807, 2.05) is 0 Å². The van der Waals surface area contributed by atoms with Gasteiger partial charge in [-0.05, 0) is 37.1 Å². The Morgan fingerprint density at radius 3 is 2.53 bits per heavy atom. The van der Waals surface area contributed by atoms with Gasteiger partial charge in [0.25, 0.3) is 5.91 Å². The van der Waals surface area contributed by atoms with Crippen LogP contribution in [-0.2, 0) is 19.1 Å². The van der Waals surface area contributed by atoms with E-state index in [0.717, 1.165) is 12.8 Å². The fourth-order valence-electron chi connectivity index (χ4n) is 2.83. The standard InChI is InChI=1S/C23H25FN2O5S/c1-30-13-12-25-20(27)14-32-19-5-3-2-4-18(19)23(29)31-21(22(28)26-17-10-11-17)15-6-8-16(24)9-7-15/h2-9,17,21H,10-14H2,1H3,(H,25,27)(H,26,28)/t21-/m0/s1. The van der Waals surface area contributed by atoms with Gasteiger partial charge in [0.1, 0.15) is 5.82 Å². The Balaban J connectivity index is 1.71. The molecule has 1 saturated carbocycles. The molecule has 3 rings (SSSR count). The van der Waals surface area contributed by atoms with E-state index in [4.69, 9.17) is 9.47 Å². The van der Waals surface area contributed by atoms with Gasteiger partial charge in [-0.3, -0.25) is 9.59 Å². The molecule has 2 aromatic carbocycles. The summed E-state index contributed by atoms with van der Waals surface area (Å²) in [6.07, 6.45) is 0.544. The normalized spacial score (nSPS) is 13.8. The van der Waals surface area contributed by atoms with Gasteiger partial charge in [-0.2, -0.15) is 0 Å². The number of nitrogens with one attached hydrogen (secondary N) is 2. The molecule has 0 aromatic heterocycles. The van der Waals surface area contributed by atoms with Crippen LogP contribution in [0.4, 0.5) is 4.39 Å².